The van der Waals surface area contributed by atoms with Crippen molar-refractivity contribution in [2.75, 3.05) is 6.54 Å². The van der Waals surface area contributed by atoms with Crippen molar-refractivity contribution in [1.82, 2.24) is 4.90 Å². The summed E-state index contributed by atoms with van der Waals surface area (Å²) in [5.41, 5.74) is 7.56. The molecule has 21 heavy (non-hydrogen) atoms. The fraction of sp³-hybridized carbons (Fsp3) is 0.667. The molecule has 2 N–H and O–H groups in total. The first kappa shape index (κ1) is 16.8. The molecular formula is C18H29ClN2. The minimum absolute atomic E-state index is 0.0734. The summed E-state index contributed by atoms with van der Waals surface area (Å²) in [5.74, 6) is 0.634. The van der Waals surface area contributed by atoms with Crippen molar-refractivity contribution in [3.63, 3.8) is 0 Å². The first-order valence-electron chi connectivity index (χ1n) is 8.26. The van der Waals surface area contributed by atoms with Crippen molar-refractivity contribution in [3.8, 4) is 0 Å². The molecule has 1 saturated carbocycles. The van der Waals surface area contributed by atoms with Crippen molar-refractivity contribution in [1.29, 1.82) is 0 Å². The number of nitrogens with zero attached hydrogens (tertiary/aromatic N) is 1. The maximum absolute atomic E-state index is 6.47. The van der Waals surface area contributed by atoms with Crippen LogP contribution >= 0.6 is 11.6 Å². The molecule has 0 aliphatic heterocycles. The van der Waals surface area contributed by atoms with Crippen molar-refractivity contribution >= 4 is 11.6 Å². The Morgan fingerprint density at radius 2 is 1.81 bits per heavy atom. The van der Waals surface area contributed by atoms with Gasteiger partial charge in [-0.25, -0.2) is 0 Å². The Balaban J connectivity index is 2.33. The van der Waals surface area contributed by atoms with E-state index in [0.29, 0.717) is 12.0 Å². The van der Waals surface area contributed by atoms with Gasteiger partial charge in [-0.05, 0) is 37.3 Å². The summed E-state index contributed by atoms with van der Waals surface area (Å²) < 4.78 is 0. The molecule has 3 heteroatoms. The Bertz CT molecular complexity index is 439. The van der Waals surface area contributed by atoms with E-state index in [0.717, 1.165) is 11.6 Å². The molecule has 0 saturated heterocycles. The van der Waals surface area contributed by atoms with E-state index in [1.54, 1.807) is 0 Å². The highest BCUT2D eigenvalue weighted by atomic mass is 35.5. The van der Waals surface area contributed by atoms with Gasteiger partial charge in [0, 0.05) is 23.7 Å². The molecule has 2 nitrogen and oxygen atoms in total. The lowest BCUT2D eigenvalue weighted by atomic mass is 9.95. The molecule has 0 amide bonds. The van der Waals surface area contributed by atoms with E-state index in [1.807, 2.05) is 12.1 Å². The lowest BCUT2D eigenvalue weighted by Gasteiger charge is -2.40. The molecule has 0 bridgehead atoms. The third kappa shape index (κ3) is 4.21. The van der Waals surface area contributed by atoms with Crippen LogP contribution in [0.2, 0.25) is 5.02 Å². The van der Waals surface area contributed by atoms with Crippen LogP contribution in [0.15, 0.2) is 24.3 Å². The molecule has 2 unspecified atom stereocenters. The van der Waals surface area contributed by atoms with Crippen LogP contribution in [-0.4, -0.2) is 23.5 Å². The van der Waals surface area contributed by atoms with E-state index in [-0.39, 0.29) is 12.1 Å². The van der Waals surface area contributed by atoms with E-state index >= 15 is 0 Å². The van der Waals surface area contributed by atoms with Crippen LogP contribution in [0, 0.1) is 5.92 Å². The first-order chi connectivity index (χ1) is 10.0. The molecule has 1 fully saturated rings. The Hall–Kier alpha value is -0.570. The maximum atomic E-state index is 6.47. The monoisotopic (exact) mass is 308 g/mol. The van der Waals surface area contributed by atoms with E-state index in [2.05, 4.69) is 37.8 Å². The Morgan fingerprint density at radius 3 is 2.33 bits per heavy atom. The minimum Gasteiger partial charge on any atom is -0.326 e. The summed E-state index contributed by atoms with van der Waals surface area (Å²) in [5, 5.41) is 0.839. The molecule has 0 spiro atoms. The molecule has 0 aromatic heterocycles. The largest absolute Gasteiger partial charge is 0.326 e. The molecule has 2 atom stereocenters. The zero-order valence-corrected chi connectivity index (χ0v) is 14.3. The van der Waals surface area contributed by atoms with Crippen LogP contribution in [0.5, 0.6) is 0 Å². The second kappa shape index (κ2) is 7.62. The smallest absolute Gasteiger partial charge is 0.0514 e. The summed E-state index contributed by atoms with van der Waals surface area (Å²) in [6.07, 6.45) is 5.27. The van der Waals surface area contributed by atoms with Gasteiger partial charge in [0.25, 0.3) is 0 Å². The van der Waals surface area contributed by atoms with Gasteiger partial charge in [0.2, 0.25) is 0 Å². The highest BCUT2D eigenvalue weighted by Gasteiger charge is 2.33. The fourth-order valence-corrected chi connectivity index (χ4v) is 3.87. The van der Waals surface area contributed by atoms with Gasteiger partial charge in [-0.1, -0.05) is 56.5 Å². The van der Waals surface area contributed by atoms with Crippen molar-refractivity contribution in [2.45, 2.75) is 64.6 Å². The number of nitrogens with two attached hydrogens (primary N) is 1. The number of benzene rings is 1. The maximum Gasteiger partial charge on any atom is 0.0514 e. The summed E-state index contributed by atoms with van der Waals surface area (Å²) >= 11 is 6.47. The van der Waals surface area contributed by atoms with Crippen LogP contribution < -0.4 is 5.73 Å². The van der Waals surface area contributed by atoms with E-state index in [4.69, 9.17) is 17.3 Å². The summed E-state index contributed by atoms with van der Waals surface area (Å²) in [6, 6.07) is 9.12. The lowest BCUT2D eigenvalue weighted by Crippen LogP contribution is -2.46. The minimum atomic E-state index is 0.0734. The quantitative estimate of drug-likeness (QED) is 0.830. The normalized spacial score (nSPS) is 19.4. The van der Waals surface area contributed by atoms with Gasteiger partial charge >= 0.3 is 0 Å². The topological polar surface area (TPSA) is 29.3 Å². The zero-order valence-electron chi connectivity index (χ0n) is 13.6. The number of hydrogen-bond donors (Lipinski definition) is 1. The van der Waals surface area contributed by atoms with Gasteiger partial charge in [-0.2, -0.15) is 0 Å². The predicted molar refractivity (Wildman–Crippen MR) is 91.6 cm³/mol. The van der Waals surface area contributed by atoms with Crippen molar-refractivity contribution < 1.29 is 0 Å². The Kier molecular flexibility index (Phi) is 6.09. The molecule has 2 rings (SSSR count). The SMILES string of the molecule is CC(C)CN(C1CCCC1)C(c1ccccc1Cl)C(C)N. The molecule has 1 aliphatic rings. The van der Waals surface area contributed by atoms with Crippen LogP contribution in [0.1, 0.15) is 58.1 Å². The lowest BCUT2D eigenvalue weighted by molar-refractivity contribution is 0.104. The van der Waals surface area contributed by atoms with E-state index in [9.17, 15) is 0 Å². The van der Waals surface area contributed by atoms with E-state index in [1.165, 1.54) is 31.2 Å². The van der Waals surface area contributed by atoms with Gasteiger partial charge < -0.3 is 5.73 Å². The molecule has 0 radical (unpaired) electrons. The molecule has 0 heterocycles. The van der Waals surface area contributed by atoms with Gasteiger partial charge in [0.05, 0.1) is 6.04 Å². The van der Waals surface area contributed by atoms with Gasteiger partial charge in [0.15, 0.2) is 0 Å². The standard InChI is InChI=1S/C18H29ClN2/c1-13(2)12-21(15-8-4-5-9-15)18(14(3)20)16-10-6-7-11-17(16)19/h6-7,10-11,13-15,18H,4-5,8-9,12,20H2,1-3H3. The molecule has 1 aromatic carbocycles. The van der Waals surface area contributed by atoms with Crippen molar-refractivity contribution in [2.24, 2.45) is 11.7 Å². The van der Waals surface area contributed by atoms with Crippen LogP contribution in [-0.2, 0) is 0 Å². The predicted octanol–water partition coefficient (Wildman–Crippen LogP) is 4.63. The van der Waals surface area contributed by atoms with Crippen LogP contribution in [0.3, 0.4) is 0 Å². The highest BCUT2D eigenvalue weighted by molar-refractivity contribution is 6.31. The second-order valence-electron chi connectivity index (χ2n) is 6.85. The Morgan fingerprint density at radius 1 is 1.19 bits per heavy atom. The summed E-state index contributed by atoms with van der Waals surface area (Å²) in [6.45, 7) is 7.76. The number of rotatable bonds is 6. The highest BCUT2D eigenvalue weighted by Crippen LogP contribution is 2.36. The zero-order chi connectivity index (χ0) is 15.4. The molecule has 118 valence electrons. The molecular weight excluding hydrogens is 280 g/mol. The van der Waals surface area contributed by atoms with Gasteiger partial charge in [-0.15, -0.1) is 0 Å². The van der Waals surface area contributed by atoms with Gasteiger partial charge in [0.1, 0.15) is 0 Å². The average Bonchev–Trinajstić information content (AvgIpc) is 2.93. The van der Waals surface area contributed by atoms with Crippen LogP contribution in [0.25, 0.3) is 0 Å². The molecule has 1 aliphatic carbocycles. The first-order valence-corrected chi connectivity index (χ1v) is 8.64. The van der Waals surface area contributed by atoms with Crippen LogP contribution in [0.4, 0.5) is 0 Å². The fourth-order valence-electron chi connectivity index (χ4n) is 3.63. The second-order valence-corrected chi connectivity index (χ2v) is 7.26. The van der Waals surface area contributed by atoms with Gasteiger partial charge in [-0.3, -0.25) is 4.90 Å². The summed E-state index contributed by atoms with van der Waals surface area (Å²) in [7, 11) is 0. The average molecular weight is 309 g/mol. The number of halogens is 1. The summed E-state index contributed by atoms with van der Waals surface area (Å²) in [4.78, 5) is 2.63. The number of hydrogen-bond acceptors (Lipinski definition) is 2. The van der Waals surface area contributed by atoms with E-state index < -0.39 is 0 Å². The van der Waals surface area contributed by atoms with Crippen molar-refractivity contribution in [3.05, 3.63) is 34.9 Å². The Labute approximate surface area is 134 Å². The molecule has 1 aromatic rings. The third-order valence-electron chi connectivity index (χ3n) is 4.45. The third-order valence-corrected chi connectivity index (χ3v) is 4.79.